The molecule has 0 spiro atoms. The summed E-state index contributed by atoms with van der Waals surface area (Å²) in [5.74, 6) is 4.11. The van der Waals surface area contributed by atoms with Crippen LogP contribution in [0.15, 0.2) is 36.4 Å². The third kappa shape index (κ3) is 5.51. The molecule has 2 N–H and O–H groups in total. The van der Waals surface area contributed by atoms with Gasteiger partial charge in [0, 0.05) is 61.9 Å². The Morgan fingerprint density at radius 3 is 1.95 bits per heavy atom. The molecule has 2 unspecified atom stereocenters. The maximum atomic E-state index is 13.0. The van der Waals surface area contributed by atoms with Crippen LogP contribution in [0.1, 0.15) is 87.9 Å². The number of carbonyl (C=O) groups is 7. The van der Waals surface area contributed by atoms with Gasteiger partial charge in [-0.25, -0.2) is 0 Å². The monoisotopic (exact) mass is 594 g/mol. The molecule has 6 amide bonds. The molecule has 0 saturated carbocycles. The van der Waals surface area contributed by atoms with E-state index in [2.05, 4.69) is 22.5 Å². The van der Waals surface area contributed by atoms with Gasteiger partial charge < -0.3 is 9.80 Å². The molecule has 44 heavy (non-hydrogen) atoms. The van der Waals surface area contributed by atoms with E-state index in [1.54, 1.807) is 24.3 Å². The molecule has 224 valence electrons. The number of Topliss-reactive ketones (excluding diaryl/α,β-unsaturated/α-hetero) is 1. The van der Waals surface area contributed by atoms with Gasteiger partial charge in [0.05, 0.1) is 0 Å². The van der Waals surface area contributed by atoms with Crippen molar-refractivity contribution in [2.45, 2.75) is 76.5 Å². The number of benzene rings is 2. The Morgan fingerprint density at radius 1 is 0.773 bits per heavy atom. The Balaban J connectivity index is 1.04. The van der Waals surface area contributed by atoms with Crippen LogP contribution in [0, 0.1) is 11.8 Å². The zero-order valence-corrected chi connectivity index (χ0v) is 23.9. The quantitative estimate of drug-likeness (QED) is 0.281. The minimum atomic E-state index is -0.709. The lowest BCUT2D eigenvalue weighted by atomic mass is 9.97. The largest absolute Gasteiger partial charge is 0.322 e. The normalized spacial score (nSPS) is 21.0. The molecule has 0 radical (unpaired) electrons. The number of nitrogens with one attached hydrogen (secondary N) is 2. The predicted molar refractivity (Wildman–Crippen MR) is 154 cm³/mol. The smallest absolute Gasteiger partial charge is 0.255 e. The van der Waals surface area contributed by atoms with E-state index in [1.165, 1.54) is 9.80 Å². The summed E-state index contributed by atoms with van der Waals surface area (Å²) in [5.41, 5.74) is 3.94. The lowest BCUT2D eigenvalue weighted by Gasteiger charge is -2.29. The molecule has 4 heterocycles. The first-order valence-electron chi connectivity index (χ1n) is 14.7. The van der Waals surface area contributed by atoms with Gasteiger partial charge in [-0.2, -0.15) is 0 Å². The minimum Gasteiger partial charge on any atom is -0.322 e. The van der Waals surface area contributed by atoms with E-state index < -0.39 is 23.9 Å². The molecule has 4 aliphatic rings. The molecule has 6 rings (SSSR count). The summed E-state index contributed by atoms with van der Waals surface area (Å²) >= 11 is 0. The topological polar surface area (TPSA) is 150 Å². The van der Waals surface area contributed by atoms with E-state index in [0.29, 0.717) is 42.4 Å². The van der Waals surface area contributed by atoms with Crippen molar-refractivity contribution in [3.63, 3.8) is 0 Å². The first kappa shape index (κ1) is 29.0. The van der Waals surface area contributed by atoms with Crippen molar-refractivity contribution in [3.05, 3.63) is 69.8 Å². The van der Waals surface area contributed by atoms with Crippen LogP contribution in [0.25, 0.3) is 0 Å². The van der Waals surface area contributed by atoms with Gasteiger partial charge >= 0.3 is 0 Å². The maximum absolute atomic E-state index is 13.0. The Labute approximate surface area is 253 Å². The molecule has 2 aromatic rings. The van der Waals surface area contributed by atoms with E-state index in [4.69, 9.17) is 0 Å². The highest BCUT2D eigenvalue weighted by atomic mass is 16.2. The highest BCUT2D eigenvalue weighted by molar-refractivity contribution is 6.06. The van der Waals surface area contributed by atoms with Gasteiger partial charge in [0.15, 0.2) is 0 Å². The average molecular weight is 595 g/mol. The van der Waals surface area contributed by atoms with E-state index >= 15 is 0 Å². The second-order valence-corrected chi connectivity index (χ2v) is 11.4. The van der Waals surface area contributed by atoms with Crippen molar-refractivity contribution >= 4 is 41.2 Å². The van der Waals surface area contributed by atoms with E-state index in [9.17, 15) is 33.6 Å². The summed E-state index contributed by atoms with van der Waals surface area (Å²) in [6, 6.07) is 9.16. The standard InChI is InChI=1S/C33H30N4O7/c38-21(16-20-8-5-11-23-25(20)18-37(33(23)44)27-13-15-29(40)35-31(27)42)9-3-1-2-6-19-7-4-10-22-24(19)17-36(32(22)43)26-12-14-28(39)34-30(26)41/h4-5,7-8,10-11,26-27H,1,3,9,12-18H2,(H,34,39,41)(H,35,40,42). The molecular weight excluding hydrogens is 564 g/mol. The number of ketones is 1. The second kappa shape index (κ2) is 11.9. The van der Waals surface area contributed by atoms with E-state index in [0.717, 1.165) is 16.7 Å². The van der Waals surface area contributed by atoms with Crippen molar-refractivity contribution in [1.29, 1.82) is 0 Å². The van der Waals surface area contributed by atoms with Crippen molar-refractivity contribution in [3.8, 4) is 11.8 Å². The van der Waals surface area contributed by atoms with E-state index in [1.807, 2.05) is 12.1 Å². The highest BCUT2D eigenvalue weighted by Gasteiger charge is 2.41. The molecule has 11 heteroatoms. The fourth-order valence-corrected chi connectivity index (χ4v) is 6.35. The number of unbranched alkanes of at least 4 members (excludes halogenated alkanes) is 1. The third-order valence-electron chi connectivity index (χ3n) is 8.63. The fourth-order valence-electron chi connectivity index (χ4n) is 6.35. The Hall–Kier alpha value is -5.11. The number of piperidine rings is 2. The molecule has 2 aromatic carbocycles. The van der Waals surface area contributed by atoms with Gasteiger partial charge in [-0.15, -0.1) is 0 Å². The summed E-state index contributed by atoms with van der Waals surface area (Å²) in [6.45, 7) is 0.467. The summed E-state index contributed by atoms with van der Waals surface area (Å²) in [4.78, 5) is 89.7. The number of carbonyl (C=O) groups excluding carboxylic acids is 7. The molecule has 11 nitrogen and oxygen atoms in total. The molecule has 2 fully saturated rings. The van der Waals surface area contributed by atoms with Crippen LogP contribution in [0.4, 0.5) is 0 Å². The zero-order valence-electron chi connectivity index (χ0n) is 23.9. The Bertz CT molecular complexity index is 1700. The van der Waals surface area contributed by atoms with E-state index in [-0.39, 0.29) is 68.2 Å². The van der Waals surface area contributed by atoms with Crippen molar-refractivity contribution < 1.29 is 33.6 Å². The number of imide groups is 2. The molecule has 4 aliphatic heterocycles. The highest BCUT2D eigenvalue weighted by Crippen LogP contribution is 2.31. The summed E-state index contributed by atoms with van der Waals surface area (Å²) in [6.07, 6.45) is 2.41. The third-order valence-corrected chi connectivity index (χ3v) is 8.63. The number of fused-ring (bicyclic) bond motifs is 2. The lowest BCUT2D eigenvalue weighted by Crippen LogP contribution is -2.52. The Morgan fingerprint density at radius 2 is 1.34 bits per heavy atom. The first-order valence-corrected chi connectivity index (χ1v) is 14.7. The molecule has 0 aromatic heterocycles. The predicted octanol–water partition coefficient (Wildman–Crippen LogP) is 1.54. The number of hydrogen-bond donors (Lipinski definition) is 2. The number of amides is 6. The van der Waals surface area contributed by atoms with Gasteiger partial charge in [0.25, 0.3) is 11.8 Å². The van der Waals surface area contributed by atoms with Crippen molar-refractivity contribution in [1.82, 2.24) is 20.4 Å². The van der Waals surface area contributed by atoms with Crippen LogP contribution >= 0.6 is 0 Å². The fraction of sp³-hybridized carbons (Fsp3) is 0.364. The van der Waals surface area contributed by atoms with Crippen LogP contribution in [-0.4, -0.2) is 63.1 Å². The molecular formula is C33H30N4O7. The Kier molecular flexibility index (Phi) is 7.82. The average Bonchev–Trinajstić information content (AvgIpc) is 3.50. The molecule has 2 saturated heterocycles. The van der Waals surface area contributed by atoms with Crippen molar-refractivity contribution in [2.24, 2.45) is 0 Å². The lowest BCUT2D eigenvalue weighted by molar-refractivity contribution is -0.138. The number of nitrogens with zero attached hydrogens (tertiary/aromatic N) is 2. The van der Waals surface area contributed by atoms with Gasteiger partial charge in [-0.3, -0.25) is 44.2 Å². The molecule has 2 atom stereocenters. The second-order valence-electron chi connectivity index (χ2n) is 11.4. The van der Waals surface area contributed by atoms with Gasteiger partial charge in [-0.05, 0) is 54.2 Å². The van der Waals surface area contributed by atoms with Crippen LogP contribution in [0.2, 0.25) is 0 Å². The van der Waals surface area contributed by atoms with Gasteiger partial charge in [0.2, 0.25) is 23.6 Å². The van der Waals surface area contributed by atoms with Crippen LogP contribution in [0.5, 0.6) is 0 Å². The zero-order chi connectivity index (χ0) is 31.0. The summed E-state index contributed by atoms with van der Waals surface area (Å²) in [5, 5.41) is 4.60. The van der Waals surface area contributed by atoms with Crippen molar-refractivity contribution in [2.75, 3.05) is 0 Å². The molecule has 0 aliphatic carbocycles. The molecule has 0 bridgehead atoms. The summed E-state index contributed by atoms with van der Waals surface area (Å²) in [7, 11) is 0. The minimum absolute atomic E-state index is 0.0122. The van der Waals surface area contributed by atoms with Crippen LogP contribution < -0.4 is 10.6 Å². The first-order chi connectivity index (χ1) is 21.2. The maximum Gasteiger partial charge on any atom is 0.255 e. The summed E-state index contributed by atoms with van der Waals surface area (Å²) < 4.78 is 0. The number of hydrogen-bond acceptors (Lipinski definition) is 7. The SMILES string of the molecule is O=C(CCCC#Cc1cccc2c1CN(C1CCC(=O)NC1=O)C2=O)Cc1cccc2c1CN(C1CCC(=O)NC1=O)C2=O. The van der Waals surface area contributed by atoms with Crippen LogP contribution in [0.3, 0.4) is 0 Å². The van der Waals surface area contributed by atoms with Gasteiger partial charge in [-0.1, -0.05) is 30.0 Å². The van der Waals surface area contributed by atoms with Crippen LogP contribution in [-0.2, 0) is 43.5 Å². The van der Waals surface area contributed by atoms with Gasteiger partial charge in [0.1, 0.15) is 17.9 Å². The number of rotatable bonds is 7.